The van der Waals surface area contributed by atoms with Crippen LogP contribution in [-0.2, 0) is 4.79 Å². The molecule has 1 N–H and O–H groups in total. The molecule has 25 heavy (non-hydrogen) atoms. The molecular formula is C22H25NO2. The van der Waals surface area contributed by atoms with Crippen LogP contribution in [0.5, 0.6) is 0 Å². The van der Waals surface area contributed by atoms with Crippen molar-refractivity contribution in [1.29, 1.82) is 0 Å². The number of hydrogen-bond acceptors (Lipinski definition) is 2. The van der Waals surface area contributed by atoms with Gasteiger partial charge in [0.05, 0.1) is 5.69 Å². The van der Waals surface area contributed by atoms with Crippen molar-refractivity contribution in [3.63, 3.8) is 0 Å². The van der Waals surface area contributed by atoms with Gasteiger partial charge in [0.1, 0.15) is 6.10 Å². The summed E-state index contributed by atoms with van der Waals surface area (Å²) in [6.45, 7) is 2.16. The van der Waals surface area contributed by atoms with Crippen molar-refractivity contribution in [1.82, 2.24) is 0 Å². The molecule has 0 bridgehead atoms. The Morgan fingerprint density at radius 3 is 2.44 bits per heavy atom. The van der Waals surface area contributed by atoms with Gasteiger partial charge in [-0.05, 0) is 30.0 Å². The van der Waals surface area contributed by atoms with Crippen LogP contribution in [-0.4, -0.2) is 24.2 Å². The van der Waals surface area contributed by atoms with Crippen LogP contribution in [0.25, 0.3) is 6.08 Å². The van der Waals surface area contributed by atoms with Crippen molar-refractivity contribution >= 4 is 17.7 Å². The van der Waals surface area contributed by atoms with E-state index in [0.717, 1.165) is 41.6 Å². The topological polar surface area (TPSA) is 40.5 Å². The van der Waals surface area contributed by atoms with E-state index in [1.807, 2.05) is 54.6 Å². The normalized spacial score (nSPS) is 22.6. The monoisotopic (exact) mass is 335 g/mol. The molecular weight excluding hydrogens is 310 g/mol. The number of carbonyl (C=O) groups is 1. The Hall–Kier alpha value is -2.39. The highest BCUT2D eigenvalue weighted by Crippen LogP contribution is 2.37. The number of unbranched alkanes of at least 4 members (excludes halogenated alkanes) is 1. The summed E-state index contributed by atoms with van der Waals surface area (Å²) in [4.78, 5) is 14.5. The lowest BCUT2D eigenvalue weighted by Gasteiger charge is -2.32. The van der Waals surface area contributed by atoms with Gasteiger partial charge in [0.15, 0.2) is 0 Å². The van der Waals surface area contributed by atoms with Gasteiger partial charge in [-0.15, -0.1) is 0 Å². The molecule has 1 aliphatic heterocycles. The number of hydrogen-bond donors (Lipinski definition) is 1. The Morgan fingerprint density at radius 1 is 1.04 bits per heavy atom. The molecule has 130 valence electrons. The van der Waals surface area contributed by atoms with Gasteiger partial charge in [-0.3, -0.25) is 4.79 Å². The molecule has 0 saturated heterocycles. The molecule has 0 radical (unpaired) electrons. The number of nitrogens with zero attached hydrogens (tertiary/aromatic N) is 1. The fourth-order valence-electron chi connectivity index (χ4n) is 3.53. The van der Waals surface area contributed by atoms with Crippen LogP contribution in [0.4, 0.5) is 5.69 Å². The van der Waals surface area contributed by atoms with Crippen LogP contribution >= 0.6 is 0 Å². The van der Waals surface area contributed by atoms with Crippen molar-refractivity contribution in [2.45, 2.75) is 38.2 Å². The fourth-order valence-corrected chi connectivity index (χ4v) is 3.53. The molecule has 0 saturated carbocycles. The highest BCUT2D eigenvalue weighted by Gasteiger charge is 2.34. The summed E-state index contributed by atoms with van der Waals surface area (Å²) in [5, 5.41) is 10.9. The second-order valence-corrected chi connectivity index (χ2v) is 6.61. The predicted octanol–water partition coefficient (Wildman–Crippen LogP) is 4.38. The molecule has 0 aliphatic carbocycles. The van der Waals surface area contributed by atoms with Crippen molar-refractivity contribution < 1.29 is 9.90 Å². The summed E-state index contributed by atoms with van der Waals surface area (Å²) in [7, 11) is 1.73. The lowest BCUT2D eigenvalue weighted by atomic mass is 9.81. The van der Waals surface area contributed by atoms with Crippen LogP contribution in [0.1, 0.15) is 43.2 Å². The summed E-state index contributed by atoms with van der Waals surface area (Å²) in [5.41, 5.74) is 3.97. The van der Waals surface area contributed by atoms with E-state index in [9.17, 15) is 9.90 Å². The summed E-state index contributed by atoms with van der Waals surface area (Å²) in [6, 6.07) is 17.7. The molecule has 0 spiro atoms. The maximum absolute atomic E-state index is 12.9. The van der Waals surface area contributed by atoms with Gasteiger partial charge in [0, 0.05) is 13.0 Å². The number of likely N-dealkylation sites (N-methyl/N-ethyl adjacent to an activating group) is 1. The summed E-state index contributed by atoms with van der Waals surface area (Å²) >= 11 is 0. The Labute approximate surface area is 149 Å². The van der Waals surface area contributed by atoms with Crippen LogP contribution < -0.4 is 4.90 Å². The molecule has 0 aromatic heterocycles. The van der Waals surface area contributed by atoms with Crippen LogP contribution in [0.3, 0.4) is 0 Å². The van der Waals surface area contributed by atoms with Crippen molar-refractivity contribution in [2.75, 3.05) is 11.9 Å². The molecule has 3 heteroatoms. The standard InChI is InChI=1S/C22H25NO2/c1-3-4-10-18-15-17-13-8-9-14-19(17)23(2)22(25)21(24)20(18)16-11-6-5-7-12-16/h5-9,11-15,20-21,24H,3-4,10H2,1-2H3/b18-15-/t20-,21+/m0/s1. The Morgan fingerprint density at radius 2 is 1.72 bits per heavy atom. The molecule has 1 amide bonds. The lowest BCUT2D eigenvalue weighted by molar-refractivity contribution is -0.127. The Balaban J connectivity index is 2.17. The van der Waals surface area contributed by atoms with Gasteiger partial charge in [-0.25, -0.2) is 0 Å². The predicted molar refractivity (Wildman–Crippen MR) is 103 cm³/mol. The molecule has 0 unspecified atom stereocenters. The zero-order chi connectivity index (χ0) is 17.8. The van der Waals surface area contributed by atoms with Gasteiger partial charge in [-0.2, -0.15) is 0 Å². The number of anilines is 1. The minimum absolute atomic E-state index is 0.261. The molecule has 2 atom stereocenters. The Bertz CT molecular complexity index is 767. The van der Waals surface area contributed by atoms with Crippen LogP contribution in [0.15, 0.2) is 60.2 Å². The number of aliphatic hydroxyl groups is 1. The van der Waals surface area contributed by atoms with E-state index in [-0.39, 0.29) is 11.8 Å². The van der Waals surface area contributed by atoms with E-state index in [0.29, 0.717) is 0 Å². The van der Waals surface area contributed by atoms with E-state index in [1.54, 1.807) is 11.9 Å². The number of carbonyl (C=O) groups excluding carboxylic acids is 1. The number of aliphatic hydroxyl groups excluding tert-OH is 1. The molecule has 3 rings (SSSR count). The molecule has 1 heterocycles. The van der Waals surface area contributed by atoms with E-state index in [1.165, 1.54) is 0 Å². The van der Waals surface area contributed by atoms with Gasteiger partial charge >= 0.3 is 0 Å². The molecule has 2 aromatic rings. The zero-order valence-corrected chi connectivity index (χ0v) is 14.9. The fraction of sp³-hybridized carbons (Fsp3) is 0.318. The molecule has 2 aromatic carbocycles. The smallest absolute Gasteiger partial charge is 0.256 e. The second kappa shape index (κ2) is 7.66. The third kappa shape index (κ3) is 3.52. The maximum Gasteiger partial charge on any atom is 0.256 e. The van der Waals surface area contributed by atoms with E-state index < -0.39 is 6.10 Å². The number of amides is 1. The maximum atomic E-state index is 12.9. The average molecular weight is 335 g/mol. The summed E-state index contributed by atoms with van der Waals surface area (Å²) < 4.78 is 0. The first-order valence-corrected chi connectivity index (χ1v) is 8.93. The average Bonchev–Trinajstić information content (AvgIpc) is 2.65. The number of rotatable bonds is 4. The van der Waals surface area contributed by atoms with Crippen molar-refractivity contribution in [2.24, 2.45) is 0 Å². The molecule has 0 fully saturated rings. The first-order chi connectivity index (χ1) is 12.1. The summed E-state index contributed by atoms with van der Waals surface area (Å²) in [5.74, 6) is -0.570. The minimum Gasteiger partial charge on any atom is -0.382 e. The van der Waals surface area contributed by atoms with E-state index >= 15 is 0 Å². The van der Waals surface area contributed by atoms with Crippen LogP contribution in [0, 0.1) is 0 Å². The third-order valence-electron chi connectivity index (χ3n) is 4.92. The zero-order valence-electron chi connectivity index (χ0n) is 14.9. The van der Waals surface area contributed by atoms with Gasteiger partial charge in [0.25, 0.3) is 5.91 Å². The number of fused-ring (bicyclic) bond motifs is 1. The molecule has 3 nitrogen and oxygen atoms in total. The van der Waals surface area contributed by atoms with E-state index in [2.05, 4.69) is 13.0 Å². The van der Waals surface area contributed by atoms with Crippen molar-refractivity contribution in [3.8, 4) is 0 Å². The van der Waals surface area contributed by atoms with Gasteiger partial charge in [0.2, 0.25) is 0 Å². The minimum atomic E-state index is -1.08. The van der Waals surface area contributed by atoms with Crippen molar-refractivity contribution in [3.05, 3.63) is 71.3 Å². The highest BCUT2D eigenvalue weighted by atomic mass is 16.3. The quantitative estimate of drug-likeness (QED) is 0.901. The first-order valence-electron chi connectivity index (χ1n) is 8.93. The number of para-hydroxylation sites is 1. The second-order valence-electron chi connectivity index (χ2n) is 6.61. The number of benzene rings is 2. The van der Waals surface area contributed by atoms with Gasteiger partial charge in [-0.1, -0.05) is 73.5 Å². The SMILES string of the molecule is CCCC/C1=C/c2ccccc2N(C)C(=O)[C@H](O)[C@H]1c1ccccc1. The lowest BCUT2D eigenvalue weighted by Crippen LogP contribution is -2.41. The van der Waals surface area contributed by atoms with Gasteiger partial charge < -0.3 is 10.0 Å². The third-order valence-corrected chi connectivity index (χ3v) is 4.92. The highest BCUT2D eigenvalue weighted by molar-refractivity contribution is 5.99. The summed E-state index contributed by atoms with van der Waals surface area (Å²) in [6.07, 6.45) is 4.06. The van der Waals surface area contributed by atoms with Crippen LogP contribution in [0.2, 0.25) is 0 Å². The largest absolute Gasteiger partial charge is 0.382 e. The van der Waals surface area contributed by atoms with E-state index in [4.69, 9.17) is 0 Å². The first kappa shape index (κ1) is 17.4. The molecule has 1 aliphatic rings. The Kier molecular flexibility index (Phi) is 5.34.